The van der Waals surface area contributed by atoms with E-state index in [4.69, 9.17) is 13.6 Å². The molecule has 2 atom stereocenters. The lowest BCUT2D eigenvalue weighted by molar-refractivity contribution is -0.321. The molecule has 1 aliphatic heterocycles. The van der Waals surface area contributed by atoms with Gasteiger partial charge in [0.25, 0.3) is 5.76 Å². The minimum absolute atomic E-state index is 0.403. The Morgan fingerprint density at radius 2 is 1.32 bits per heavy atom. The maximum Gasteiger partial charge on any atom is 0.573 e. The molecule has 3 rings (SSSR count). The van der Waals surface area contributed by atoms with Crippen LogP contribution in [0.25, 0.3) is 0 Å². The van der Waals surface area contributed by atoms with Crippen molar-refractivity contribution in [2.75, 3.05) is 6.61 Å². The number of phosphoric acid groups is 1. The molecule has 9 nitrogen and oxygen atoms in total. The Bertz CT molecular complexity index is 1110. The Labute approximate surface area is 211 Å². The van der Waals surface area contributed by atoms with Gasteiger partial charge in [-0.05, 0) is 11.1 Å². The number of phosphoric ester groups is 1. The van der Waals surface area contributed by atoms with Gasteiger partial charge in [-0.2, -0.15) is 0 Å². The number of hydrogen-bond acceptors (Lipinski definition) is 9. The summed E-state index contributed by atoms with van der Waals surface area (Å²) in [6.07, 6.45) is -15.9. The van der Waals surface area contributed by atoms with Crippen molar-refractivity contribution in [2.45, 2.75) is 38.1 Å². The van der Waals surface area contributed by atoms with Crippen LogP contribution in [0.1, 0.15) is 11.1 Å². The van der Waals surface area contributed by atoms with Crippen LogP contribution in [0, 0.1) is 0 Å². The SMILES string of the molecule is O=C1O[C@H]([C@H](CO)OP(=O)(OCc2ccccc2)OCc2ccccc2)C(OC(F)(F)F)=C1OC(F)(F)F. The Hall–Kier alpha value is -3.10. The van der Waals surface area contributed by atoms with Gasteiger partial charge in [0.2, 0.25) is 0 Å². The maximum atomic E-state index is 13.5. The van der Waals surface area contributed by atoms with Crippen molar-refractivity contribution >= 4 is 13.8 Å². The van der Waals surface area contributed by atoms with Crippen LogP contribution in [0.3, 0.4) is 0 Å². The van der Waals surface area contributed by atoms with Crippen LogP contribution in [0.4, 0.5) is 26.3 Å². The van der Waals surface area contributed by atoms with Gasteiger partial charge in [-0.25, -0.2) is 9.36 Å². The summed E-state index contributed by atoms with van der Waals surface area (Å²) in [6.45, 7) is -2.13. The van der Waals surface area contributed by atoms with Crippen molar-refractivity contribution in [3.8, 4) is 0 Å². The normalized spacial score (nSPS) is 17.3. The van der Waals surface area contributed by atoms with Crippen molar-refractivity contribution in [3.63, 3.8) is 0 Å². The lowest BCUT2D eigenvalue weighted by Gasteiger charge is -2.27. The monoisotopic (exact) mass is 572 g/mol. The smallest absolute Gasteiger partial charge is 0.445 e. The van der Waals surface area contributed by atoms with Gasteiger partial charge in [0.15, 0.2) is 11.9 Å². The van der Waals surface area contributed by atoms with Gasteiger partial charge in [0.05, 0.1) is 19.8 Å². The van der Waals surface area contributed by atoms with E-state index in [9.17, 15) is 40.8 Å². The maximum absolute atomic E-state index is 13.5. The molecule has 0 amide bonds. The van der Waals surface area contributed by atoms with Crippen LogP contribution >= 0.6 is 7.82 Å². The van der Waals surface area contributed by atoms with Gasteiger partial charge < -0.3 is 19.3 Å². The predicted molar refractivity (Wildman–Crippen MR) is 113 cm³/mol. The fourth-order valence-electron chi connectivity index (χ4n) is 3.04. The first-order valence-electron chi connectivity index (χ1n) is 10.5. The summed E-state index contributed by atoms with van der Waals surface area (Å²) in [7, 11) is -4.81. The van der Waals surface area contributed by atoms with E-state index in [2.05, 4.69) is 14.2 Å². The molecule has 0 aromatic heterocycles. The zero-order chi connectivity index (χ0) is 28.0. The summed E-state index contributed by atoms with van der Waals surface area (Å²) >= 11 is 0. The number of carbonyl (C=O) groups excluding carboxylic acids is 1. The van der Waals surface area contributed by atoms with Crippen LogP contribution in [-0.4, -0.2) is 42.6 Å². The first kappa shape index (κ1) is 29.5. The second-order valence-electron chi connectivity index (χ2n) is 7.41. The van der Waals surface area contributed by atoms with Crippen molar-refractivity contribution < 1.29 is 68.6 Å². The number of rotatable bonds is 12. The molecular formula is C22H19F6O9P. The zero-order valence-electron chi connectivity index (χ0n) is 19.0. The summed E-state index contributed by atoms with van der Waals surface area (Å²) in [5, 5.41) is 9.77. The number of alkyl halides is 6. The third-order valence-electron chi connectivity index (χ3n) is 4.59. The number of aliphatic hydroxyl groups excluding tert-OH is 1. The molecule has 2 aromatic rings. The van der Waals surface area contributed by atoms with Gasteiger partial charge in [-0.3, -0.25) is 13.6 Å². The summed E-state index contributed by atoms with van der Waals surface area (Å²) in [5.41, 5.74) is 0.934. The van der Waals surface area contributed by atoms with Crippen molar-refractivity contribution in [2.24, 2.45) is 0 Å². The summed E-state index contributed by atoms with van der Waals surface area (Å²) in [6, 6.07) is 16.1. The second kappa shape index (κ2) is 12.2. The van der Waals surface area contributed by atoms with Crippen molar-refractivity contribution in [1.29, 1.82) is 0 Å². The standard InChI is InChI=1S/C22H19F6O9P/c23-21(24,25)35-18-17(34-20(30)19(18)36-22(26,27)28)16(11-29)37-38(31,32-12-14-7-3-1-4-8-14)33-13-15-9-5-2-6-10-15/h1-10,16-17,29H,11-13H2/t16-,17+/m0/s1. The van der Waals surface area contributed by atoms with E-state index < -0.39 is 70.1 Å². The van der Waals surface area contributed by atoms with E-state index in [1.807, 2.05) is 0 Å². The molecular weight excluding hydrogens is 553 g/mol. The number of hydrogen-bond donors (Lipinski definition) is 1. The van der Waals surface area contributed by atoms with Crippen molar-refractivity contribution in [3.05, 3.63) is 83.3 Å². The molecule has 0 unspecified atom stereocenters. The van der Waals surface area contributed by atoms with Crippen molar-refractivity contribution in [1.82, 2.24) is 0 Å². The Kier molecular flexibility index (Phi) is 9.44. The molecule has 0 saturated carbocycles. The number of carbonyl (C=O) groups is 1. The molecule has 208 valence electrons. The van der Waals surface area contributed by atoms with Crippen LogP contribution in [-0.2, 0) is 50.4 Å². The first-order chi connectivity index (χ1) is 17.8. The fraction of sp³-hybridized carbons (Fsp3) is 0.318. The molecule has 0 aliphatic carbocycles. The first-order valence-corrected chi connectivity index (χ1v) is 12.0. The van der Waals surface area contributed by atoms with Crippen LogP contribution < -0.4 is 0 Å². The van der Waals surface area contributed by atoms with Gasteiger partial charge >= 0.3 is 26.5 Å². The van der Waals surface area contributed by atoms with E-state index in [0.717, 1.165) is 0 Å². The van der Waals surface area contributed by atoms with E-state index >= 15 is 0 Å². The molecule has 1 aliphatic rings. The molecule has 1 heterocycles. The quantitative estimate of drug-likeness (QED) is 0.211. The topological polar surface area (TPSA) is 110 Å². The summed E-state index contributed by atoms with van der Waals surface area (Å²) in [4.78, 5) is 11.9. The minimum Gasteiger partial charge on any atom is -0.445 e. The third-order valence-corrected chi connectivity index (χ3v) is 6.01. The van der Waals surface area contributed by atoms with E-state index in [1.165, 1.54) is 0 Å². The number of halogens is 6. The molecule has 38 heavy (non-hydrogen) atoms. The number of aliphatic hydroxyl groups is 1. The highest BCUT2D eigenvalue weighted by Gasteiger charge is 2.52. The minimum atomic E-state index is -5.61. The average Bonchev–Trinajstić information content (AvgIpc) is 3.13. The van der Waals surface area contributed by atoms with E-state index in [1.54, 1.807) is 60.7 Å². The molecule has 16 heteroatoms. The highest BCUT2D eigenvalue weighted by molar-refractivity contribution is 7.48. The van der Waals surface area contributed by atoms with Gasteiger partial charge in [0.1, 0.15) is 6.10 Å². The molecule has 0 bridgehead atoms. The molecule has 0 radical (unpaired) electrons. The lowest BCUT2D eigenvalue weighted by atomic mass is 10.2. The Morgan fingerprint density at radius 1 is 0.842 bits per heavy atom. The van der Waals surface area contributed by atoms with E-state index in [-0.39, 0.29) is 0 Å². The molecule has 0 saturated heterocycles. The third kappa shape index (κ3) is 8.74. The molecule has 0 fully saturated rings. The number of esters is 1. The molecule has 1 N–H and O–H groups in total. The summed E-state index contributed by atoms with van der Waals surface area (Å²) < 4.78 is 118. The van der Waals surface area contributed by atoms with Crippen LogP contribution in [0.5, 0.6) is 0 Å². The Morgan fingerprint density at radius 3 is 1.74 bits per heavy atom. The van der Waals surface area contributed by atoms with Crippen LogP contribution in [0.2, 0.25) is 0 Å². The number of cyclic esters (lactones) is 1. The van der Waals surface area contributed by atoms with Gasteiger partial charge in [-0.1, -0.05) is 60.7 Å². The van der Waals surface area contributed by atoms with Gasteiger partial charge in [0, 0.05) is 0 Å². The predicted octanol–water partition coefficient (Wildman–Crippen LogP) is 5.12. The number of ether oxygens (including phenoxy) is 3. The largest absolute Gasteiger partial charge is 0.573 e. The highest BCUT2D eigenvalue weighted by atomic mass is 31.2. The number of benzene rings is 2. The molecule has 2 aromatic carbocycles. The van der Waals surface area contributed by atoms with Crippen LogP contribution in [0.15, 0.2) is 72.2 Å². The Balaban J connectivity index is 1.90. The highest BCUT2D eigenvalue weighted by Crippen LogP contribution is 2.53. The summed E-state index contributed by atoms with van der Waals surface area (Å²) in [5.74, 6) is -5.79. The fourth-order valence-corrected chi connectivity index (χ4v) is 4.36. The zero-order valence-corrected chi connectivity index (χ0v) is 19.9. The van der Waals surface area contributed by atoms with Gasteiger partial charge in [-0.15, -0.1) is 26.3 Å². The lowest BCUT2D eigenvalue weighted by Crippen LogP contribution is -2.36. The second-order valence-corrected chi connectivity index (χ2v) is 9.03. The van der Waals surface area contributed by atoms with E-state index in [0.29, 0.717) is 11.1 Å². The average molecular weight is 572 g/mol. The molecule has 0 spiro atoms.